The zero-order valence-electron chi connectivity index (χ0n) is 44.5. The molecule has 0 fully saturated rings. The highest BCUT2D eigenvalue weighted by Crippen LogP contribution is 2.61. The Kier molecular flexibility index (Phi) is 10.0. The summed E-state index contributed by atoms with van der Waals surface area (Å²) in [7, 11) is 2.08. The summed E-state index contributed by atoms with van der Waals surface area (Å²) in [6.07, 6.45) is 6.37. The maximum Gasteiger partial charge on any atom is 0.490 e. The lowest BCUT2D eigenvalue weighted by molar-refractivity contribution is -0.533. The van der Waals surface area contributed by atoms with Crippen LogP contribution in [0.15, 0.2) is 213 Å². The standard InChI is InChI=1S/C73H59N3/c1-45-19-25-58-59-26-20-46(2)36-65(59)71(64(58)35-45,54-15-12-17-56(43-54)73(76-34-33-75(8)44-76)68-39-49(5)23-29-62(68)63-30-24-50(6)40-69(63)73)53-14-11-16-55(42-53)72(70-41-52(31-32-74-70)57-18-10-9-13-51(57)7)66-37-47(3)21-27-60(66)61-28-22-48(4)38-67(61)72/h9-43H,1-8H3/q+2. The van der Waals surface area contributed by atoms with Crippen LogP contribution in [0.1, 0.15) is 100 Å². The molecule has 0 amide bonds. The van der Waals surface area contributed by atoms with E-state index in [1.807, 2.05) is 6.20 Å². The lowest BCUT2D eigenvalue weighted by Gasteiger charge is -2.38. The summed E-state index contributed by atoms with van der Waals surface area (Å²) in [4.78, 5) is 5.52. The van der Waals surface area contributed by atoms with Crippen LogP contribution in [0, 0.1) is 48.5 Å². The second kappa shape index (κ2) is 16.6. The van der Waals surface area contributed by atoms with Gasteiger partial charge in [-0.1, -0.05) is 206 Å². The molecular weight excluding hydrogens is 919 g/mol. The number of fused-ring (bicyclic) bond motifs is 9. The third-order valence-corrected chi connectivity index (χ3v) is 17.4. The van der Waals surface area contributed by atoms with Crippen LogP contribution in [0.25, 0.3) is 44.5 Å². The summed E-state index contributed by atoms with van der Waals surface area (Å²) in [5.74, 6) is 0. The lowest BCUT2D eigenvalue weighted by Crippen LogP contribution is -2.38. The zero-order chi connectivity index (χ0) is 51.8. The van der Waals surface area contributed by atoms with Crippen molar-refractivity contribution < 1.29 is 9.15 Å². The van der Waals surface area contributed by atoms with E-state index in [4.69, 9.17) is 4.98 Å². The lowest BCUT2D eigenvalue weighted by atomic mass is 9.64. The Labute approximate surface area is 447 Å². The number of aryl methyl sites for hydroxylation is 7. The van der Waals surface area contributed by atoms with Gasteiger partial charge in [-0.25, -0.2) is 0 Å². The van der Waals surface area contributed by atoms with Gasteiger partial charge >= 0.3 is 6.01 Å². The number of benzene rings is 9. The number of hydrogen-bond donors (Lipinski definition) is 0. The largest absolute Gasteiger partial charge is 0.490 e. The summed E-state index contributed by atoms with van der Waals surface area (Å²) in [5.41, 5.74) is 29.8. The van der Waals surface area contributed by atoms with Crippen molar-refractivity contribution in [3.63, 3.8) is 0 Å². The SMILES string of the molecule is Cc1ccc2c(c1)C(c1cccc(C3(c4cc(-c5ccccc5C)ccn4)c4cc(C)ccc4-c4ccc(C)cc43)c1)(c1cccc(C3([N+]4=C=[N+](C)C=C4)c4cc(C)ccc4-c4ccc(C)cc43)c1)c1cc(C)ccc1-2. The number of aromatic nitrogens is 1. The van der Waals surface area contributed by atoms with Gasteiger partial charge in [-0.2, -0.15) is 0 Å². The number of pyridine rings is 1. The average molecular weight is 978 g/mol. The predicted octanol–water partition coefficient (Wildman–Crippen LogP) is 16.2. The van der Waals surface area contributed by atoms with Gasteiger partial charge in [0.25, 0.3) is 5.54 Å². The fraction of sp³-hybridized carbons (Fsp3) is 0.151. The molecule has 3 nitrogen and oxygen atoms in total. The van der Waals surface area contributed by atoms with Crippen LogP contribution in [-0.2, 0) is 16.4 Å². The Balaban J connectivity index is 1.11. The molecule has 14 rings (SSSR count). The summed E-state index contributed by atoms with van der Waals surface area (Å²) in [6, 6.07) is 78.8. The maximum absolute atomic E-state index is 5.52. The van der Waals surface area contributed by atoms with E-state index in [0.717, 1.165) is 11.3 Å². The molecule has 0 atom stereocenters. The van der Waals surface area contributed by atoms with Crippen molar-refractivity contribution in [3.8, 4) is 44.5 Å². The molecule has 10 aromatic rings. The highest BCUT2D eigenvalue weighted by atomic mass is 15.2. The molecule has 3 heteroatoms. The first-order chi connectivity index (χ1) is 36.9. The minimum Gasteiger partial charge on any atom is -0.260 e. The molecule has 0 bridgehead atoms. The van der Waals surface area contributed by atoms with Crippen molar-refractivity contribution >= 4 is 6.01 Å². The Morgan fingerprint density at radius 1 is 0.355 bits per heavy atom. The monoisotopic (exact) mass is 977 g/mol. The fourth-order valence-electron chi connectivity index (χ4n) is 14.1. The molecule has 0 saturated heterocycles. The maximum atomic E-state index is 5.52. The molecule has 9 aromatic carbocycles. The van der Waals surface area contributed by atoms with Crippen LogP contribution in [0.3, 0.4) is 0 Å². The first-order valence-electron chi connectivity index (χ1n) is 26.8. The Morgan fingerprint density at radius 3 is 1.22 bits per heavy atom. The average Bonchev–Trinajstić information content (AvgIpc) is 4.26. The molecule has 1 aromatic heterocycles. The molecule has 4 aliphatic rings. The minimum atomic E-state index is -0.763. The Hall–Kier alpha value is -8.75. The van der Waals surface area contributed by atoms with Crippen LogP contribution in [-0.4, -0.2) is 27.2 Å². The number of rotatable bonds is 7. The smallest absolute Gasteiger partial charge is 0.260 e. The molecule has 0 unspecified atom stereocenters. The topological polar surface area (TPSA) is 18.9 Å². The molecule has 2 heterocycles. The summed E-state index contributed by atoms with van der Waals surface area (Å²) < 4.78 is 4.40. The molecule has 3 aliphatic carbocycles. The van der Waals surface area contributed by atoms with Gasteiger partial charge in [0.2, 0.25) is 12.4 Å². The van der Waals surface area contributed by atoms with Gasteiger partial charge in [0.1, 0.15) is 0 Å². The normalized spacial score (nSPS) is 15.3. The van der Waals surface area contributed by atoms with Gasteiger partial charge in [-0.3, -0.25) is 4.98 Å². The van der Waals surface area contributed by atoms with Gasteiger partial charge in [-0.05, 0) is 168 Å². The first kappa shape index (κ1) is 45.8. The van der Waals surface area contributed by atoms with Crippen molar-refractivity contribution in [2.75, 3.05) is 7.05 Å². The van der Waals surface area contributed by atoms with E-state index in [1.165, 1.54) is 134 Å². The third-order valence-electron chi connectivity index (χ3n) is 17.4. The van der Waals surface area contributed by atoms with E-state index < -0.39 is 16.4 Å². The van der Waals surface area contributed by atoms with Gasteiger partial charge in [-0.15, -0.1) is 0 Å². The van der Waals surface area contributed by atoms with Crippen LogP contribution < -0.4 is 0 Å². The number of nitrogens with zero attached hydrogens (tertiary/aromatic N) is 3. The van der Waals surface area contributed by atoms with E-state index >= 15 is 0 Å². The Morgan fingerprint density at radius 2 is 0.763 bits per heavy atom. The van der Waals surface area contributed by atoms with Crippen molar-refractivity contribution in [1.82, 2.24) is 4.98 Å². The highest BCUT2D eigenvalue weighted by Gasteiger charge is 2.57. The molecule has 0 N–H and O–H groups in total. The van der Waals surface area contributed by atoms with Gasteiger partial charge < -0.3 is 0 Å². The van der Waals surface area contributed by atoms with Gasteiger partial charge in [0.15, 0.2) is 7.05 Å². The second-order valence-electron chi connectivity index (χ2n) is 22.3. The fourth-order valence-corrected chi connectivity index (χ4v) is 14.1. The minimum absolute atomic E-state index is 0.725. The molecule has 0 radical (unpaired) electrons. The molecule has 1 aliphatic heterocycles. The molecule has 0 spiro atoms. The molecule has 76 heavy (non-hydrogen) atoms. The predicted molar refractivity (Wildman–Crippen MR) is 310 cm³/mol. The molecule has 0 saturated carbocycles. The third kappa shape index (κ3) is 6.27. The molecular formula is C73H59N3+2. The highest BCUT2D eigenvalue weighted by molar-refractivity contribution is 5.90. The van der Waals surface area contributed by atoms with Crippen LogP contribution in [0.2, 0.25) is 0 Å². The van der Waals surface area contributed by atoms with Gasteiger partial charge in [0, 0.05) is 22.9 Å². The van der Waals surface area contributed by atoms with E-state index in [0.29, 0.717) is 0 Å². The van der Waals surface area contributed by atoms with Crippen LogP contribution in [0.5, 0.6) is 0 Å². The summed E-state index contributed by atoms with van der Waals surface area (Å²) in [5, 5.41) is 0. The Bertz CT molecular complexity index is 4110. The van der Waals surface area contributed by atoms with Gasteiger partial charge in [0.05, 0.1) is 16.5 Å². The van der Waals surface area contributed by atoms with E-state index in [2.05, 4.69) is 277 Å². The van der Waals surface area contributed by atoms with E-state index in [9.17, 15) is 0 Å². The van der Waals surface area contributed by atoms with Crippen LogP contribution >= 0.6 is 0 Å². The summed E-state index contributed by atoms with van der Waals surface area (Å²) in [6.45, 7) is 15.6. The zero-order valence-corrected chi connectivity index (χ0v) is 44.5. The van der Waals surface area contributed by atoms with Crippen molar-refractivity contribution in [3.05, 3.63) is 313 Å². The molecule has 364 valence electrons. The van der Waals surface area contributed by atoms with Crippen LogP contribution in [0.4, 0.5) is 0 Å². The van der Waals surface area contributed by atoms with E-state index in [-0.39, 0.29) is 0 Å². The first-order valence-corrected chi connectivity index (χ1v) is 26.8. The summed E-state index contributed by atoms with van der Waals surface area (Å²) >= 11 is 0. The second-order valence-corrected chi connectivity index (χ2v) is 22.3. The van der Waals surface area contributed by atoms with Crippen molar-refractivity contribution in [1.29, 1.82) is 0 Å². The van der Waals surface area contributed by atoms with E-state index in [1.54, 1.807) is 0 Å². The number of hydrogen-bond acceptors (Lipinski definition) is 1. The quantitative estimate of drug-likeness (QED) is 0.146. The van der Waals surface area contributed by atoms with Crippen molar-refractivity contribution in [2.24, 2.45) is 0 Å². The van der Waals surface area contributed by atoms with Crippen molar-refractivity contribution in [2.45, 2.75) is 64.8 Å².